The number of thiazole rings is 1. The lowest BCUT2D eigenvalue weighted by atomic mass is 10.1. The molecule has 4 rings (SSSR count). The summed E-state index contributed by atoms with van der Waals surface area (Å²) < 4.78 is 4.22. The Kier molecular flexibility index (Phi) is 4.91. The van der Waals surface area contributed by atoms with Crippen molar-refractivity contribution in [3.05, 3.63) is 52.6 Å². The smallest absolute Gasteiger partial charge is 0.247 e. The first-order chi connectivity index (χ1) is 13.0. The van der Waals surface area contributed by atoms with Crippen LogP contribution in [0.5, 0.6) is 0 Å². The summed E-state index contributed by atoms with van der Waals surface area (Å²) in [6.45, 7) is 4.89. The fraction of sp³-hybridized carbons (Fsp3) is 0.429. The summed E-state index contributed by atoms with van der Waals surface area (Å²) in [5.41, 5.74) is 3.17. The molecule has 0 bridgehead atoms. The summed E-state index contributed by atoms with van der Waals surface area (Å²) >= 11 is 1.67. The first-order valence-corrected chi connectivity index (χ1v) is 10.4. The van der Waals surface area contributed by atoms with E-state index in [1.807, 2.05) is 17.9 Å². The molecular formula is C21H26N4OS. The van der Waals surface area contributed by atoms with Crippen molar-refractivity contribution in [1.82, 2.24) is 18.9 Å². The molecular weight excluding hydrogens is 356 g/mol. The number of nitrogens with zero attached hydrogens (tertiary/aromatic N) is 4. The highest BCUT2D eigenvalue weighted by atomic mass is 32.1. The Morgan fingerprint density at radius 1 is 1.30 bits per heavy atom. The topological polar surface area (TPSA) is 42.5 Å². The fourth-order valence-corrected chi connectivity index (χ4v) is 4.91. The third-order valence-electron chi connectivity index (χ3n) is 5.41. The number of hydrogen-bond acceptors (Lipinski definition) is 3. The second-order valence-electron chi connectivity index (χ2n) is 7.35. The number of hydrogen-bond donors (Lipinski definition) is 0. The van der Waals surface area contributed by atoms with Gasteiger partial charge < -0.3 is 9.47 Å². The summed E-state index contributed by atoms with van der Waals surface area (Å²) in [5.74, 6) is 0.0874. The van der Waals surface area contributed by atoms with E-state index in [0.29, 0.717) is 0 Å². The van der Waals surface area contributed by atoms with E-state index in [2.05, 4.69) is 52.4 Å². The average molecular weight is 383 g/mol. The van der Waals surface area contributed by atoms with Crippen LogP contribution >= 0.6 is 11.3 Å². The van der Waals surface area contributed by atoms with Crippen molar-refractivity contribution in [2.75, 3.05) is 6.54 Å². The van der Waals surface area contributed by atoms with Gasteiger partial charge in [-0.15, -0.1) is 11.3 Å². The van der Waals surface area contributed by atoms with Crippen LogP contribution in [-0.4, -0.2) is 31.3 Å². The molecule has 1 aliphatic heterocycles. The van der Waals surface area contributed by atoms with Gasteiger partial charge in [0.2, 0.25) is 5.91 Å². The third kappa shape index (κ3) is 3.46. The van der Waals surface area contributed by atoms with Crippen LogP contribution in [0.25, 0.3) is 11.0 Å². The second-order valence-corrected chi connectivity index (χ2v) is 8.56. The third-order valence-corrected chi connectivity index (χ3v) is 6.31. The predicted octanol–water partition coefficient (Wildman–Crippen LogP) is 4.51. The maximum absolute atomic E-state index is 13.1. The summed E-state index contributed by atoms with van der Waals surface area (Å²) in [7, 11) is 2.06. The van der Waals surface area contributed by atoms with Crippen LogP contribution in [0.2, 0.25) is 0 Å². The van der Waals surface area contributed by atoms with Crippen LogP contribution in [0.3, 0.4) is 0 Å². The number of aromatic nitrogens is 3. The molecule has 1 amide bonds. The van der Waals surface area contributed by atoms with Gasteiger partial charge in [0.1, 0.15) is 0 Å². The Labute approximate surface area is 163 Å². The Morgan fingerprint density at radius 3 is 2.93 bits per heavy atom. The van der Waals surface area contributed by atoms with Crippen LogP contribution in [0.4, 0.5) is 0 Å². The van der Waals surface area contributed by atoms with Crippen molar-refractivity contribution in [3.8, 4) is 0 Å². The fourth-order valence-electron chi connectivity index (χ4n) is 4.03. The molecule has 27 heavy (non-hydrogen) atoms. The number of carbonyl (C=O) groups excluding carboxylic acids is 1. The van der Waals surface area contributed by atoms with Gasteiger partial charge in [-0.2, -0.15) is 0 Å². The Balaban J connectivity index is 1.62. The zero-order valence-electron chi connectivity index (χ0n) is 16.2. The lowest BCUT2D eigenvalue weighted by molar-refractivity contribution is -0.128. The van der Waals surface area contributed by atoms with Gasteiger partial charge in [-0.05, 0) is 44.9 Å². The molecule has 0 N–H and O–H groups in total. The van der Waals surface area contributed by atoms with E-state index in [1.165, 1.54) is 23.4 Å². The Hall–Kier alpha value is -2.34. The molecule has 1 unspecified atom stereocenters. The molecule has 1 aliphatic rings. The van der Waals surface area contributed by atoms with Crippen molar-refractivity contribution in [1.29, 1.82) is 0 Å². The molecule has 0 radical (unpaired) electrons. The molecule has 0 aromatic carbocycles. The van der Waals surface area contributed by atoms with E-state index in [0.717, 1.165) is 35.7 Å². The summed E-state index contributed by atoms with van der Waals surface area (Å²) in [6.07, 6.45) is 12.2. The number of aryl methyl sites for hydroxylation is 3. The summed E-state index contributed by atoms with van der Waals surface area (Å²) in [6, 6.07) is 4.35. The number of imidazole rings is 1. The van der Waals surface area contributed by atoms with Crippen molar-refractivity contribution in [3.63, 3.8) is 0 Å². The SMILES string of the molecule is Cc1cn2c(C=CC(=O)N3CCCCCC3c3cccn3C)c(C)nc2s1. The molecule has 3 aromatic heterocycles. The van der Waals surface area contributed by atoms with Gasteiger partial charge >= 0.3 is 0 Å². The highest BCUT2D eigenvalue weighted by molar-refractivity contribution is 7.17. The minimum atomic E-state index is 0.0874. The highest BCUT2D eigenvalue weighted by Gasteiger charge is 2.27. The van der Waals surface area contributed by atoms with Gasteiger partial charge in [-0.3, -0.25) is 9.20 Å². The molecule has 0 spiro atoms. The zero-order valence-corrected chi connectivity index (χ0v) is 17.0. The molecule has 142 valence electrons. The predicted molar refractivity (Wildman–Crippen MR) is 110 cm³/mol. The standard InChI is InChI=1S/C21H26N4OS/c1-15-14-25-17(16(2)22-21(25)27-15)10-11-20(26)24-13-6-4-5-8-19(24)18-9-7-12-23(18)3/h7,9-12,14,19H,4-6,8,13H2,1-3H3. The second kappa shape index (κ2) is 7.35. The number of amides is 1. The molecule has 1 atom stereocenters. The number of rotatable bonds is 3. The van der Waals surface area contributed by atoms with Gasteiger partial charge in [0, 0.05) is 42.6 Å². The van der Waals surface area contributed by atoms with Crippen LogP contribution in [0.15, 0.2) is 30.6 Å². The van der Waals surface area contributed by atoms with Crippen molar-refractivity contribution in [2.24, 2.45) is 7.05 Å². The van der Waals surface area contributed by atoms with Gasteiger partial charge in [-0.1, -0.05) is 12.8 Å². The first kappa shape index (κ1) is 18.0. The molecule has 5 nitrogen and oxygen atoms in total. The van der Waals surface area contributed by atoms with Crippen LogP contribution in [-0.2, 0) is 11.8 Å². The van der Waals surface area contributed by atoms with E-state index >= 15 is 0 Å². The average Bonchev–Trinajstić information content (AvgIpc) is 3.21. The van der Waals surface area contributed by atoms with Gasteiger partial charge in [0.25, 0.3) is 0 Å². The van der Waals surface area contributed by atoms with E-state index in [4.69, 9.17) is 0 Å². The maximum atomic E-state index is 13.1. The van der Waals surface area contributed by atoms with Crippen molar-refractivity contribution < 1.29 is 4.79 Å². The quantitative estimate of drug-likeness (QED) is 0.626. The zero-order chi connectivity index (χ0) is 19.0. The van der Waals surface area contributed by atoms with E-state index in [1.54, 1.807) is 17.4 Å². The van der Waals surface area contributed by atoms with Crippen LogP contribution in [0, 0.1) is 13.8 Å². The Morgan fingerprint density at radius 2 is 2.15 bits per heavy atom. The van der Waals surface area contributed by atoms with E-state index < -0.39 is 0 Å². The molecule has 6 heteroatoms. The van der Waals surface area contributed by atoms with Crippen molar-refractivity contribution in [2.45, 2.75) is 45.6 Å². The molecule has 1 fully saturated rings. The van der Waals surface area contributed by atoms with Gasteiger partial charge in [0.15, 0.2) is 4.96 Å². The minimum Gasteiger partial charge on any atom is -0.353 e. The van der Waals surface area contributed by atoms with Crippen LogP contribution in [0.1, 0.15) is 53.7 Å². The maximum Gasteiger partial charge on any atom is 0.247 e. The van der Waals surface area contributed by atoms with E-state index in [9.17, 15) is 4.79 Å². The summed E-state index contributed by atoms with van der Waals surface area (Å²) in [5, 5.41) is 0. The monoisotopic (exact) mass is 382 g/mol. The largest absolute Gasteiger partial charge is 0.353 e. The van der Waals surface area contributed by atoms with Crippen molar-refractivity contribution >= 4 is 28.3 Å². The lowest BCUT2D eigenvalue weighted by Gasteiger charge is -2.29. The summed E-state index contributed by atoms with van der Waals surface area (Å²) in [4.78, 5) is 22.0. The highest BCUT2D eigenvalue weighted by Crippen LogP contribution is 2.30. The van der Waals surface area contributed by atoms with E-state index in [-0.39, 0.29) is 11.9 Å². The molecule has 4 heterocycles. The first-order valence-electron chi connectivity index (χ1n) is 9.59. The number of likely N-dealkylation sites (tertiary alicyclic amines) is 1. The molecule has 1 saturated heterocycles. The number of fused-ring (bicyclic) bond motifs is 1. The molecule has 0 aliphatic carbocycles. The molecule has 0 saturated carbocycles. The molecule has 3 aromatic rings. The lowest BCUT2D eigenvalue weighted by Crippen LogP contribution is -2.34. The normalized spacial score (nSPS) is 18.5. The minimum absolute atomic E-state index is 0.0874. The van der Waals surface area contributed by atoms with Gasteiger partial charge in [-0.25, -0.2) is 4.98 Å². The van der Waals surface area contributed by atoms with Gasteiger partial charge in [0.05, 0.1) is 17.4 Å². The Bertz CT molecular complexity index is 993. The van der Waals surface area contributed by atoms with Crippen LogP contribution < -0.4 is 0 Å². The number of carbonyl (C=O) groups is 1.